The van der Waals surface area contributed by atoms with Gasteiger partial charge in [-0.3, -0.25) is 0 Å². The van der Waals surface area contributed by atoms with Crippen molar-refractivity contribution in [3.05, 3.63) is 0 Å². The Morgan fingerprint density at radius 1 is 1.36 bits per heavy atom. The average molecular weight is 158 g/mol. The van der Waals surface area contributed by atoms with Gasteiger partial charge in [0.2, 0.25) is 0 Å². The zero-order valence-corrected chi connectivity index (χ0v) is 8.35. The SMILES string of the molecule is CCC(C)(C)CC[C@H](C)CO. The van der Waals surface area contributed by atoms with Gasteiger partial charge in [-0.05, 0) is 24.2 Å². The molecule has 0 fully saturated rings. The van der Waals surface area contributed by atoms with Crippen LogP contribution in [0, 0.1) is 11.3 Å². The molecule has 0 aliphatic heterocycles. The highest BCUT2D eigenvalue weighted by molar-refractivity contribution is 4.67. The van der Waals surface area contributed by atoms with Crippen LogP contribution in [0.5, 0.6) is 0 Å². The summed E-state index contributed by atoms with van der Waals surface area (Å²) in [5.74, 6) is 0.473. The van der Waals surface area contributed by atoms with E-state index >= 15 is 0 Å². The molecule has 0 heterocycles. The largest absolute Gasteiger partial charge is 0.396 e. The van der Waals surface area contributed by atoms with E-state index in [1.54, 1.807) is 0 Å². The standard InChI is InChI=1S/C10H22O/c1-5-10(3,4)7-6-9(2)8-11/h9,11H,5-8H2,1-4H3/t9-/m0/s1. The molecule has 68 valence electrons. The second-order valence-electron chi connectivity index (χ2n) is 4.34. The third-order valence-corrected chi connectivity index (χ3v) is 2.58. The molecule has 0 aliphatic carbocycles. The summed E-state index contributed by atoms with van der Waals surface area (Å²) < 4.78 is 0. The van der Waals surface area contributed by atoms with Gasteiger partial charge in [0, 0.05) is 6.61 Å². The summed E-state index contributed by atoms with van der Waals surface area (Å²) in [5, 5.41) is 8.80. The molecule has 0 saturated heterocycles. The number of hydrogen-bond donors (Lipinski definition) is 1. The van der Waals surface area contributed by atoms with Crippen LogP contribution in [0.2, 0.25) is 0 Å². The summed E-state index contributed by atoms with van der Waals surface area (Å²) in [5.41, 5.74) is 0.462. The molecule has 0 aromatic carbocycles. The minimum absolute atomic E-state index is 0.333. The number of hydrogen-bond acceptors (Lipinski definition) is 1. The monoisotopic (exact) mass is 158 g/mol. The van der Waals surface area contributed by atoms with E-state index in [1.807, 2.05) is 0 Å². The van der Waals surface area contributed by atoms with Gasteiger partial charge >= 0.3 is 0 Å². The van der Waals surface area contributed by atoms with E-state index in [2.05, 4.69) is 27.7 Å². The van der Waals surface area contributed by atoms with Crippen molar-refractivity contribution in [3.63, 3.8) is 0 Å². The van der Waals surface area contributed by atoms with Gasteiger partial charge in [-0.1, -0.05) is 34.1 Å². The lowest BCUT2D eigenvalue weighted by atomic mass is 9.83. The first-order valence-electron chi connectivity index (χ1n) is 4.62. The summed E-state index contributed by atoms with van der Waals surface area (Å²) in [6, 6.07) is 0. The van der Waals surface area contributed by atoms with Gasteiger partial charge in [-0.25, -0.2) is 0 Å². The molecule has 0 amide bonds. The lowest BCUT2D eigenvalue weighted by Crippen LogP contribution is -2.12. The Balaban J connectivity index is 3.52. The van der Waals surface area contributed by atoms with Crippen molar-refractivity contribution >= 4 is 0 Å². The van der Waals surface area contributed by atoms with Crippen molar-refractivity contribution in [1.82, 2.24) is 0 Å². The first-order valence-corrected chi connectivity index (χ1v) is 4.62. The molecule has 0 aromatic rings. The normalized spacial score (nSPS) is 15.0. The predicted octanol–water partition coefficient (Wildman–Crippen LogP) is 2.83. The summed E-state index contributed by atoms with van der Waals surface area (Å²) >= 11 is 0. The van der Waals surface area contributed by atoms with Gasteiger partial charge in [0.15, 0.2) is 0 Å². The quantitative estimate of drug-likeness (QED) is 0.652. The highest BCUT2D eigenvalue weighted by Crippen LogP contribution is 2.27. The molecule has 0 rings (SSSR count). The minimum Gasteiger partial charge on any atom is -0.396 e. The van der Waals surface area contributed by atoms with Crippen molar-refractivity contribution in [3.8, 4) is 0 Å². The van der Waals surface area contributed by atoms with E-state index in [1.165, 1.54) is 12.8 Å². The number of aliphatic hydroxyl groups is 1. The van der Waals surface area contributed by atoms with Crippen LogP contribution in [0.1, 0.15) is 47.0 Å². The summed E-state index contributed by atoms with van der Waals surface area (Å²) in [6.07, 6.45) is 3.60. The number of rotatable bonds is 5. The Kier molecular flexibility index (Phi) is 4.74. The second-order valence-corrected chi connectivity index (χ2v) is 4.34. The third-order valence-electron chi connectivity index (χ3n) is 2.58. The predicted molar refractivity (Wildman–Crippen MR) is 49.6 cm³/mol. The summed E-state index contributed by atoms with van der Waals surface area (Å²) in [6.45, 7) is 9.24. The smallest absolute Gasteiger partial charge is 0.0456 e. The zero-order valence-electron chi connectivity index (χ0n) is 8.35. The molecule has 11 heavy (non-hydrogen) atoms. The molecule has 1 atom stereocenters. The van der Waals surface area contributed by atoms with Crippen LogP contribution in [-0.4, -0.2) is 11.7 Å². The molecular formula is C10H22O. The Hall–Kier alpha value is -0.0400. The maximum atomic E-state index is 8.80. The molecule has 1 N–H and O–H groups in total. The van der Waals surface area contributed by atoms with Crippen molar-refractivity contribution in [2.45, 2.75) is 47.0 Å². The lowest BCUT2D eigenvalue weighted by Gasteiger charge is -2.23. The van der Waals surface area contributed by atoms with Crippen LogP contribution in [0.25, 0.3) is 0 Å². The molecule has 0 radical (unpaired) electrons. The van der Waals surface area contributed by atoms with E-state index < -0.39 is 0 Å². The highest BCUT2D eigenvalue weighted by atomic mass is 16.3. The molecule has 0 spiro atoms. The van der Waals surface area contributed by atoms with Gasteiger partial charge in [-0.2, -0.15) is 0 Å². The fraction of sp³-hybridized carbons (Fsp3) is 1.00. The van der Waals surface area contributed by atoms with Crippen LogP contribution in [-0.2, 0) is 0 Å². The fourth-order valence-electron chi connectivity index (χ4n) is 0.905. The van der Waals surface area contributed by atoms with E-state index in [0.717, 1.165) is 6.42 Å². The van der Waals surface area contributed by atoms with Crippen molar-refractivity contribution in [2.24, 2.45) is 11.3 Å². The minimum atomic E-state index is 0.333. The van der Waals surface area contributed by atoms with Crippen LogP contribution >= 0.6 is 0 Å². The van der Waals surface area contributed by atoms with Crippen molar-refractivity contribution in [2.75, 3.05) is 6.61 Å². The van der Waals surface area contributed by atoms with Gasteiger partial charge in [0.25, 0.3) is 0 Å². The summed E-state index contributed by atoms with van der Waals surface area (Å²) in [7, 11) is 0. The zero-order chi connectivity index (χ0) is 8.91. The van der Waals surface area contributed by atoms with Gasteiger partial charge in [0.05, 0.1) is 0 Å². The fourth-order valence-corrected chi connectivity index (χ4v) is 0.905. The third kappa shape index (κ3) is 5.25. The average Bonchev–Trinajstić information content (AvgIpc) is 2.00. The molecule has 0 aliphatic rings. The number of aliphatic hydroxyl groups excluding tert-OH is 1. The summed E-state index contributed by atoms with van der Waals surface area (Å²) in [4.78, 5) is 0. The lowest BCUT2D eigenvalue weighted by molar-refractivity contribution is 0.205. The molecule has 0 aromatic heterocycles. The van der Waals surface area contributed by atoms with Crippen LogP contribution in [0.15, 0.2) is 0 Å². The van der Waals surface area contributed by atoms with Gasteiger partial charge in [0.1, 0.15) is 0 Å². The van der Waals surface area contributed by atoms with Gasteiger partial charge in [-0.15, -0.1) is 0 Å². The van der Waals surface area contributed by atoms with E-state index in [0.29, 0.717) is 17.9 Å². The van der Waals surface area contributed by atoms with E-state index in [9.17, 15) is 0 Å². The van der Waals surface area contributed by atoms with E-state index in [-0.39, 0.29) is 0 Å². The van der Waals surface area contributed by atoms with Crippen molar-refractivity contribution in [1.29, 1.82) is 0 Å². The van der Waals surface area contributed by atoms with E-state index in [4.69, 9.17) is 5.11 Å². The van der Waals surface area contributed by atoms with Crippen molar-refractivity contribution < 1.29 is 5.11 Å². The molecular weight excluding hydrogens is 136 g/mol. The Bertz CT molecular complexity index is 97.0. The maximum absolute atomic E-state index is 8.80. The molecule has 0 unspecified atom stereocenters. The Morgan fingerprint density at radius 3 is 2.27 bits per heavy atom. The van der Waals surface area contributed by atoms with Gasteiger partial charge < -0.3 is 5.11 Å². The maximum Gasteiger partial charge on any atom is 0.0456 e. The topological polar surface area (TPSA) is 20.2 Å². The Labute approximate surface area is 70.8 Å². The molecule has 0 bridgehead atoms. The first-order chi connectivity index (χ1) is 5.02. The molecule has 1 heteroatoms. The Morgan fingerprint density at radius 2 is 1.91 bits per heavy atom. The molecule has 0 saturated carbocycles. The first kappa shape index (κ1) is 11.0. The molecule has 1 nitrogen and oxygen atoms in total. The van der Waals surface area contributed by atoms with Crippen LogP contribution in [0.3, 0.4) is 0 Å². The second kappa shape index (κ2) is 4.76. The van der Waals surface area contributed by atoms with Crippen LogP contribution < -0.4 is 0 Å². The van der Waals surface area contributed by atoms with Crippen LogP contribution in [0.4, 0.5) is 0 Å². The highest BCUT2D eigenvalue weighted by Gasteiger charge is 2.15.